The highest BCUT2D eigenvalue weighted by Gasteiger charge is 2.38. The van der Waals surface area contributed by atoms with Crippen molar-refractivity contribution in [2.45, 2.75) is 31.2 Å². The lowest BCUT2D eigenvalue weighted by atomic mass is 10.0. The zero-order valence-electron chi connectivity index (χ0n) is 9.58. The van der Waals surface area contributed by atoms with Gasteiger partial charge in [0.1, 0.15) is 0 Å². The van der Waals surface area contributed by atoms with E-state index < -0.39 is 0 Å². The summed E-state index contributed by atoms with van der Waals surface area (Å²) in [6.07, 6.45) is 5.16. The van der Waals surface area contributed by atoms with Crippen LogP contribution >= 0.6 is 23.4 Å². The molecule has 0 atom stereocenters. The second kappa shape index (κ2) is 4.54. The normalized spacial score (nSPS) is 21.8. The van der Waals surface area contributed by atoms with Gasteiger partial charge in [-0.25, -0.2) is 0 Å². The molecule has 2 nitrogen and oxygen atoms in total. The number of aliphatic imine (C=N–C) groups is 1. The van der Waals surface area contributed by atoms with Crippen molar-refractivity contribution in [3.8, 4) is 0 Å². The van der Waals surface area contributed by atoms with Crippen molar-refractivity contribution in [3.63, 3.8) is 0 Å². The summed E-state index contributed by atoms with van der Waals surface area (Å²) in [6, 6.07) is 7.80. The van der Waals surface area contributed by atoms with Gasteiger partial charge in [0.2, 0.25) is 0 Å². The summed E-state index contributed by atoms with van der Waals surface area (Å²) < 4.78 is 0. The number of rotatable bonds is 1. The van der Waals surface area contributed by atoms with Gasteiger partial charge in [0.15, 0.2) is 5.17 Å². The summed E-state index contributed by atoms with van der Waals surface area (Å²) in [6.45, 7) is 0. The van der Waals surface area contributed by atoms with Crippen LogP contribution in [0.3, 0.4) is 0 Å². The van der Waals surface area contributed by atoms with E-state index in [4.69, 9.17) is 16.6 Å². The molecule has 1 aromatic carbocycles. The molecular formula is C13H15ClN2S. The van der Waals surface area contributed by atoms with E-state index in [2.05, 4.69) is 5.32 Å². The van der Waals surface area contributed by atoms with E-state index in [1.54, 1.807) is 0 Å². The third-order valence-electron chi connectivity index (χ3n) is 3.43. The molecule has 0 aromatic heterocycles. The Hall–Kier alpha value is -0.670. The SMILES string of the molecule is Clc1cccc(NC2=NC3(CCCC3)CS2)c1. The van der Waals surface area contributed by atoms with Crippen LogP contribution in [-0.2, 0) is 0 Å². The maximum Gasteiger partial charge on any atom is 0.161 e. The number of anilines is 1. The van der Waals surface area contributed by atoms with Gasteiger partial charge < -0.3 is 5.32 Å². The number of hydrogen-bond donors (Lipinski definition) is 1. The molecule has 0 unspecified atom stereocenters. The highest BCUT2D eigenvalue weighted by Crippen LogP contribution is 2.41. The van der Waals surface area contributed by atoms with Crippen molar-refractivity contribution < 1.29 is 0 Å². The fraction of sp³-hybridized carbons (Fsp3) is 0.462. The molecule has 1 aromatic rings. The molecule has 1 spiro atoms. The average Bonchev–Trinajstić information content (AvgIpc) is 2.90. The van der Waals surface area contributed by atoms with Crippen molar-refractivity contribution in [1.82, 2.24) is 0 Å². The van der Waals surface area contributed by atoms with Gasteiger partial charge in [-0.2, -0.15) is 0 Å². The summed E-state index contributed by atoms with van der Waals surface area (Å²) in [5.41, 5.74) is 1.27. The summed E-state index contributed by atoms with van der Waals surface area (Å²) in [5, 5.41) is 5.17. The van der Waals surface area contributed by atoms with E-state index in [1.165, 1.54) is 25.7 Å². The number of benzene rings is 1. The molecule has 1 heterocycles. The molecule has 2 aliphatic rings. The van der Waals surface area contributed by atoms with Gasteiger partial charge in [0, 0.05) is 16.5 Å². The van der Waals surface area contributed by atoms with Crippen LogP contribution in [0, 0.1) is 0 Å². The van der Waals surface area contributed by atoms with Crippen LogP contribution in [0.25, 0.3) is 0 Å². The number of thioether (sulfide) groups is 1. The van der Waals surface area contributed by atoms with Crippen LogP contribution in [0.4, 0.5) is 5.69 Å². The number of hydrogen-bond acceptors (Lipinski definition) is 3. The predicted molar refractivity (Wildman–Crippen MR) is 76.2 cm³/mol. The third kappa shape index (κ3) is 2.45. The Morgan fingerprint density at radius 1 is 1.29 bits per heavy atom. The number of nitrogens with one attached hydrogen (secondary N) is 1. The van der Waals surface area contributed by atoms with Gasteiger partial charge in [-0.1, -0.05) is 42.3 Å². The maximum absolute atomic E-state index is 5.96. The number of amidine groups is 1. The van der Waals surface area contributed by atoms with Crippen LogP contribution in [0.15, 0.2) is 29.3 Å². The van der Waals surface area contributed by atoms with Gasteiger partial charge in [0.25, 0.3) is 0 Å². The number of halogens is 1. The smallest absolute Gasteiger partial charge is 0.161 e. The molecule has 1 saturated carbocycles. The molecule has 3 rings (SSSR count). The van der Waals surface area contributed by atoms with Crippen LogP contribution in [0.1, 0.15) is 25.7 Å². The van der Waals surface area contributed by atoms with Crippen molar-refractivity contribution in [3.05, 3.63) is 29.3 Å². The minimum Gasteiger partial charge on any atom is -0.335 e. The average molecular weight is 267 g/mol. The first-order valence-electron chi connectivity index (χ1n) is 6.01. The molecule has 0 saturated heterocycles. The molecular weight excluding hydrogens is 252 g/mol. The van der Waals surface area contributed by atoms with Crippen molar-refractivity contribution >= 4 is 34.2 Å². The molecule has 17 heavy (non-hydrogen) atoms. The van der Waals surface area contributed by atoms with E-state index in [0.29, 0.717) is 0 Å². The molecule has 4 heteroatoms. The van der Waals surface area contributed by atoms with Crippen molar-refractivity contribution in [2.24, 2.45) is 4.99 Å². The first-order valence-corrected chi connectivity index (χ1v) is 7.37. The minimum atomic E-state index is 0.242. The Kier molecular flexibility index (Phi) is 3.05. The monoisotopic (exact) mass is 266 g/mol. The lowest BCUT2D eigenvalue weighted by Crippen LogP contribution is -2.21. The summed E-state index contributed by atoms with van der Waals surface area (Å²) in [7, 11) is 0. The highest BCUT2D eigenvalue weighted by atomic mass is 35.5. The van der Waals surface area contributed by atoms with E-state index in [-0.39, 0.29) is 5.54 Å². The van der Waals surface area contributed by atoms with Crippen LogP contribution in [0.2, 0.25) is 5.02 Å². The second-order valence-corrected chi connectivity index (χ2v) is 6.17. The van der Waals surface area contributed by atoms with Crippen molar-refractivity contribution in [1.29, 1.82) is 0 Å². The zero-order valence-corrected chi connectivity index (χ0v) is 11.2. The lowest BCUT2D eigenvalue weighted by Gasteiger charge is -2.16. The maximum atomic E-state index is 5.96. The lowest BCUT2D eigenvalue weighted by molar-refractivity contribution is 0.508. The Morgan fingerprint density at radius 2 is 2.12 bits per heavy atom. The Bertz CT molecular complexity index is 452. The van der Waals surface area contributed by atoms with E-state index in [1.807, 2.05) is 36.0 Å². The van der Waals surface area contributed by atoms with E-state index in [0.717, 1.165) is 21.6 Å². The Morgan fingerprint density at radius 3 is 2.88 bits per heavy atom. The zero-order chi connectivity index (χ0) is 11.7. The first kappa shape index (κ1) is 11.4. The molecule has 1 aliphatic carbocycles. The highest BCUT2D eigenvalue weighted by molar-refractivity contribution is 8.14. The molecule has 1 N–H and O–H groups in total. The molecule has 0 amide bonds. The van der Waals surface area contributed by atoms with E-state index >= 15 is 0 Å². The summed E-state index contributed by atoms with van der Waals surface area (Å²) >= 11 is 7.80. The fourth-order valence-corrected chi connectivity index (χ4v) is 3.92. The van der Waals surface area contributed by atoms with Gasteiger partial charge in [0.05, 0.1) is 5.54 Å². The second-order valence-electron chi connectivity index (χ2n) is 4.77. The standard InChI is InChI=1S/C13H15ClN2S/c14-10-4-3-5-11(8-10)15-12-16-13(9-17-12)6-1-2-7-13/h3-5,8H,1-2,6-7,9H2,(H,15,16). The molecule has 0 radical (unpaired) electrons. The van der Waals surface area contributed by atoms with Gasteiger partial charge in [-0.3, -0.25) is 4.99 Å². The Labute approximate surface area is 111 Å². The van der Waals surface area contributed by atoms with Gasteiger partial charge in [-0.05, 0) is 31.0 Å². The molecule has 1 aliphatic heterocycles. The summed E-state index contributed by atoms with van der Waals surface area (Å²) in [5.74, 6) is 1.13. The first-order chi connectivity index (χ1) is 8.26. The molecule has 0 bridgehead atoms. The van der Waals surface area contributed by atoms with E-state index in [9.17, 15) is 0 Å². The van der Waals surface area contributed by atoms with Crippen LogP contribution in [-0.4, -0.2) is 16.5 Å². The Balaban J connectivity index is 1.74. The van der Waals surface area contributed by atoms with Crippen LogP contribution in [0.5, 0.6) is 0 Å². The minimum absolute atomic E-state index is 0.242. The molecule has 1 fully saturated rings. The fourth-order valence-electron chi connectivity index (χ4n) is 2.53. The van der Waals surface area contributed by atoms with Crippen LogP contribution < -0.4 is 5.32 Å². The topological polar surface area (TPSA) is 24.4 Å². The summed E-state index contributed by atoms with van der Waals surface area (Å²) in [4.78, 5) is 4.87. The van der Waals surface area contributed by atoms with Gasteiger partial charge >= 0.3 is 0 Å². The predicted octanol–water partition coefficient (Wildman–Crippen LogP) is 4.17. The largest absolute Gasteiger partial charge is 0.335 e. The van der Waals surface area contributed by atoms with Gasteiger partial charge in [-0.15, -0.1) is 0 Å². The molecule has 90 valence electrons. The van der Waals surface area contributed by atoms with Crippen molar-refractivity contribution in [2.75, 3.05) is 11.1 Å². The quantitative estimate of drug-likeness (QED) is 0.825. The third-order valence-corrected chi connectivity index (χ3v) is 4.81. The number of nitrogens with zero attached hydrogens (tertiary/aromatic N) is 1.